The van der Waals surface area contributed by atoms with Gasteiger partial charge in [-0.05, 0) is 130 Å². The van der Waals surface area contributed by atoms with Gasteiger partial charge < -0.3 is 15.3 Å². The molecule has 0 spiro atoms. The van der Waals surface area contributed by atoms with E-state index < -0.39 is 5.60 Å². The maximum atomic E-state index is 11.8. The third kappa shape index (κ3) is 3.54. The van der Waals surface area contributed by atoms with Gasteiger partial charge in [-0.25, -0.2) is 0 Å². The summed E-state index contributed by atoms with van der Waals surface area (Å²) in [5, 5.41) is 33.8. The van der Waals surface area contributed by atoms with Crippen molar-refractivity contribution >= 4 is 0 Å². The highest BCUT2D eigenvalue weighted by Gasteiger charge is 2.65. The van der Waals surface area contributed by atoms with Crippen molar-refractivity contribution < 1.29 is 15.3 Å². The van der Waals surface area contributed by atoms with Crippen molar-refractivity contribution in [1.29, 1.82) is 0 Å². The molecule has 0 aromatic rings. The highest BCUT2D eigenvalue weighted by Crippen LogP contribution is 2.68. The van der Waals surface area contributed by atoms with Crippen LogP contribution in [0.25, 0.3) is 0 Å². The lowest BCUT2D eigenvalue weighted by atomic mass is 9.43. The number of hydrogen-bond donors (Lipinski definition) is 3. The molecule has 184 valence electrons. The second-order valence-electron chi connectivity index (χ2n) is 14.1. The van der Waals surface area contributed by atoms with E-state index >= 15 is 0 Å². The van der Waals surface area contributed by atoms with Crippen LogP contribution in [-0.2, 0) is 0 Å². The van der Waals surface area contributed by atoms with Gasteiger partial charge in [-0.1, -0.05) is 27.7 Å². The van der Waals surface area contributed by atoms with E-state index in [2.05, 4.69) is 34.6 Å². The van der Waals surface area contributed by atoms with E-state index in [0.717, 1.165) is 56.8 Å². The van der Waals surface area contributed by atoms with Gasteiger partial charge in [0.05, 0.1) is 17.8 Å². The zero-order valence-electron chi connectivity index (χ0n) is 21.4. The zero-order valence-corrected chi connectivity index (χ0v) is 21.4. The summed E-state index contributed by atoms with van der Waals surface area (Å²) in [4.78, 5) is 0. The van der Waals surface area contributed by atoms with Gasteiger partial charge >= 0.3 is 0 Å². The minimum Gasteiger partial charge on any atom is -0.393 e. The van der Waals surface area contributed by atoms with Crippen LogP contribution in [-0.4, -0.2) is 33.1 Å². The molecular formula is C29H50O3. The van der Waals surface area contributed by atoms with Crippen molar-refractivity contribution in [2.45, 2.75) is 123 Å². The van der Waals surface area contributed by atoms with Gasteiger partial charge in [0, 0.05) is 5.41 Å². The van der Waals surface area contributed by atoms with Crippen LogP contribution < -0.4 is 0 Å². The first-order valence-corrected chi connectivity index (χ1v) is 14.1. The van der Waals surface area contributed by atoms with Gasteiger partial charge in [-0.15, -0.1) is 0 Å². The standard InChI is InChI=1S/C29H50O3/c1-17(22-14-18(22)2)10-13-28(4,32)25-9-8-23-21-7-6-19-15-20(30)11-12-27(19,3)24(21)16-26(31)29(23,25)5/h17-26,30-32H,6-16H2,1-5H3. The highest BCUT2D eigenvalue weighted by atomic mass is 16.3. The Bertz CT molecular complexity index is 705. The minimum atomic E-state index is -0.681. The number of rotatable bonds is 5. The van der Waals surface area contributed by atoms with Gasteiger partial charge in [0.1, 0.15) is 0 Å². The Balaban J connectivity index is 1.33. The van der Waals surface area contributed by atoms with E-state index in [4.69, 9.17) is 0 Å². The van der Waals surface area contributed by atoms with Crippen LogP contribution in [0.1, 0.15) is 105 Å². The molecule has 3 N–H and O–H groups in total. The van der Waals surface area contributed by atoms with Crippen molar-refractivity contribution in [3.8, 4) is 0 Å². The van der Waals surface area contributed by atoms with Crippen molar-refractivity contribution in [1.82, 2.24) is 0 Å². The molecule has 3 nitrogen and oxygen atoms in total. The first-order chi connectivity index (χ1) is 15.0. The summed E-state index contributed by atoms with van der Waals surface area (Å²) >= 11 is 0. The number of fused-ring (bicyclic) bond motifs is 5. The summed E-state index contributed by atoms with van der Waals surface area (Å²) in [6, 6.07) is 0. The summed E-state index contributed by atoms with van der Waals surface area (Å²) in [6.07, 6.45) is 11.6. The molecule has 13 unspecified atom stereocenters. The molecule has 5 saturated carbocycles. The average molecular weight is 447 g/mol. The molecular weight excluding hydrogens is 396 g/mol. The van der Waals surface area contributed by atoms with E-state index in [1.807, 2.05) is 0 Å². The zero-order chi connectivity index (χ0) is 23.1. The predicted octanol–water partition coefficient (Wildman–Crippen LogP) is 5.80. The van der Waals surface area contributed by atoms with Crippen molar-refractivity contribution in [3.63, 3.8) is 0 Å². The maximum Gasteiger partial charge on any atom is 0.0654 e. The molecule has 0 saturated heterocycles. The Morgan fingerprint density at radius 2 is 1.69 bits per heavy atom. The van der Waals surface area contributed by atoms with Crippen LogP contribution in [0.4, 0.5) is 0 Å². The Hall–Kier alpha value is -0.120. The summed E-state index contributed by atoms with van der Waals surface area (Å²) in [5.41, 5.74) is -0.556. The monoisotopic (exact) mass is 446 g/mol. The molecule has 5 aliphatic carbocycles. The maximum absolute atomic E-state index is 11.8. The molecule has 3 heteroatoms. The molecule has 0 bridgehead atoms. The molecule has 13 atom stereocenters. The smallest absolute Gasteiger partial charge is 0.0654 e. The van der Waals surface area contributed by atoms with Crippen LogP contribution in [0, 0.1) is 58.2 Å². The third-order valence-corrected chi connectivity index (χ3v) is 12.5. The Kier molecular flexibility index (Phi) is 5.87. The quantitative estimate of drug-likeness (QED) is 0.500. The van der Waals surface area contributed by atoms with Gasteiger partial charge in [0.25, 0.3) is 0 Å². The lowest BCUT2D eigenvalue weighted by Crippen LogP contribution is -2.60. The first-order valence-electron chi connectivity index (χ1n) is 14.1. The fourth-order valence-corrected chi connectivity index (χ4v) is 10.3. The molecule has 0 amide bonds. The Morgan fingerprint density at radius 3 is 2.38 bits per heavy atom. The lowest BCUT2D eigenvalue weighted by molar-refractivity contribution is -0.191. The summed E-state index contributed by atoms with van der Waals surface area (Å²) in [6.45, 7) is 11.7. The van der Waals surface area contributed by atoms with Crippen LogP contribution in [0.15, 0.2) is 0 Å². The highest BCUT2D eigenvalue weighted by molar-refractivity contribution is 5.14. The van der Waals surface area contributed by atoms with Gasteiger partial charge in [-0.2, -0.15) is 0 Å². The Labute approximate surface area is 196 Å². The molecule has 5 aliphatic rings. The van der Waals surface area contributed by atoms with Crippen LogP contribution in [0.3, 0.4) is 0 Å². The number of aliphatic hydroxyl groups excluding tert-OH is 2. The topological polar surface area (TPSA) is 60.7 Å². The molecule has 5 fully saturated rings. The van der Waals surface area contributed by atoms with E-state index in [1.54, 1.807) is 0 Å². The first kappa shape index (κ1) is 23.6. The third-order valence-electron chi connectivity index (χ3n) is 12.5. The fourth-order valence-electron chi connectivity index (χ4n) is 10.3. The predicted molar refractivity (Wildman–Crippen MR) is 129 cm³/mol. The molecule has 0 aromatic heterocycles. The fraction of sp³-hybridized carbons (Fsp3) is 1.00. The van der Waals surface area contributed by atoms with E-state index in [-0.39, 0.29) is 29.0 Å². The normalized spacial score (nSPS) is 55.3. The molecule has 0 aliphatic heterocycles. The van der Waals surface area contributed by atoms with Crippen LogP contribution >= 0.6 is 0 Å². The SMILES string of the molecule is CC(CCC(C)(O)C1CCC2C3CCC4CC(O)CCC4(C)C3CC(O)C21C)C1CC1C. The van der Waals surface area contributed by atoms with Gasteiger partial charge in [0.15, 0.2) is 0 Å². The second kappa shape index (κ2) is 7.95. The van der Waals surface area contributed by atoms with Crippen molar-refractivity contribution in [2.24, 2.45) is 58.2 Å². The number of hydrogen-bond acceptors (Lipinski definition) is 3. The van der Waals surface area contributed by atoms with Crippen molar-refractivity contribution in [2.75, 3.05) is 0 Å². The summed E-state index contributed by atoms with van der Waals surface area (Å²) in [7, 11) is 0. The molecule has 0 heterocycles. The molecule has 32 heavy (non-hydrogen) atoms. The Morgan fingerprint density at radius 1 is 0.969 bits per heavy atom. The molecule has 0 radical (unpaired) electrons. The van der Waals surface area contributed by atoms with E-state index in [9.17, 15) is 15.3 Å². The largest absolute Gasteiger partial charge is 0.393 e. The summed E-state index contributed by atoms with van der Waals surface area (Å²) in [5.74, 6) is 5.08. The molecule has 5 rings (SSSR count). The minimum absolute atomic E-state index is 0.115. The second-order valence-corrected chi connectivity index (χ2v) is 14.1. The lowest BCUT2D eigenvalue weighted by Gasteiger charge is -2.62. The van der Waals surface area contributed by atoms with Crippen LogP contribution in [0.2, 0.25) is 0 Å². The number of aliphatic hydroxyl groups is 3. The van der Waals surface area contributed by atoms with Crippen LogP contribution in [0.5, 0.6) is 0 Å². The average Bonchev–Trinajstić information content (AvgIpc) is 3.34. The molecule has 0 aromatic carbocycles. The van der Waals surface area contributed by atoms with E-state index in [0.29, 0.717) is 29.6 Å². The van der Waals surface area contributed by atoms with Crippen molar-refractivity contribution in [3.05, 3.63) is 0 Å². The van der Waals surface area contributed by atoms with E-state index in [1.165, 1.54) is 25.7 Å². The van der Waals surface area contributed by atoms with Gasteiger partial charge in [-0.3, -0.25) is 0 Å². The summed E-state index contributed by atoms with van der Waals surface area (Å²) < 4.78 is 0. The van der Waals surface area contributed by atoms with Gasteiger partial charge in [0.2, 0.25) is 0 Å².